The predicted octanol–water partition coefficient (Wildman–Crippen LogP) is 1.79. The molecule has 6 nitrogen and oxygen atoms in total. The first-order valence-corrected chi connectivity index (χ1v) is 8.60. The summed E-state index contributed by atoms with van der Waals surface area (Å²) < 4.78 is 32.5. The molecule has 2 aromatic heterocycles. The Morgan fingerprint density at radius 1 is 1.50 bits per heavy atom. The van der Waals surface area contributed by atoms with Crippen molar-refractivity contribution in [3.05, 3.63) is 28.2 Å². The molecule has 0 saturated carbocycles. The molecular formula is C12H15N3O3S2. The van der Waals surface area contributed by atoms with Crippen molar-refractivity contribution in [3.63, 3.8) is 0 Å². The molecule has 2 aromatic rings. The fourth-order valence-corrected chi connectivity index (χ4v) is 4.78. The van der Waals surface area contributed by atoms with Gasteiger partial charge in [-0.3, -0.25) is 4.72 Å². The summed E-state index contributed by atoms with van der Waals surface area (Å²) in [6.07, 6.45) is 3.01. The van der Waals surface area contributed by atoms with E-state index in [4.69, 9.17) is 10.2 Å². The molecule has 0 aliphatic heterocycles. The summed E-state index contributed by atoms with van der Waals surface area (Å²) in [7, 11) is -3.67. The number of nitrogens with one attached hydrogen (secondary N) is 1. The molecule has 0 fully saturated rings. The summed E-state index contributed by atoms with van der Waals surface area (Å²) in [4.78, 5) is 5.63. The van der Waals surface area contributed by atoms with Gasteiger partial charge < -0.3 is 10.2 Å². The smallest absolute Gasteiger partial charge is 0.267 e. The third-order valence-electron chi connectivity index (χ3n) is 3.23. The van der Waals surface area contributed by atoms with Crippen LogP contribution in [0.3, 0.4) is 0 Å². The molecular weight excluding hydrogens is 298 g/mol. The number of fused-ring (bicyclic) bond motifs is 1. The van der Waals surface area contributed by atoms with Gasteiger partial charge in [0.2, 0.25) is 0 Å². The van der Waals surface area contributed by atoms with Crippen molar-refractivity contribution >= 4 is 26.5 Å². The highest BCUT2D eigenvalue weighted by Gasteiger charge is 2.24. The van der Waals surface area contributed by atoms with Gasteiger partial charge in [-0.05, 0) is 26.2 Å². The van der Waals surface area contributed by atoms with Gasteiger partial charge in [-0.1, -0.05) is 0 Å². The second kappa shape index (κ2) is 4.87. The maximum Gasteiger partial charge on any atom is 0.267 e. The van der Waals surface area contributed by atoms with Crippen LogP contribution < -0.4 is 10.5 Å². The van der Waals surface area contributed by atoms with Gasteiger partial charge in [-0.25, -0.2) is 13.4 Å². The van der Waals surface area contributed by atoms with Gasteiger partial charge in [0.1, 0.15) is 16.4 Å². The van der Waals surface area contributed by atoms with E-state index in [0.29, 0.717) is 16.7 Å². The number of furan rings is 1. The third-order valence-corrected chi connectivity index (χ3v) is 5.88. The van der Waals surface area contributed by atoms with E-state index in [0.717, 1.165) is 25.0 Å². The molecule has 0 spiro atoms. The van der Waals surface area contributed by atoms with E-state index in [2.05, 4.69) is 9.71 Å². The normalized spacial score (nSPS) is 14.5. The monoisotopic (exact) mass is 313 g/mol. The number of nitrogens with zero attached hydrogens (tertiary/aromatic N) is 1. The predicted molar refractivity (Wildman–Crippen MR) is 76.3 cm³/mol. The molecule has 0 radical (unpaired) electrons. The summed E-state index contributed by atoms with van der Waals surface area (Å²) in [5.41, 5.74) is 6.47. The second-order valence-electron chi connectivity index (χ2n) is 4.69. The van der Waals surface area contributed by atoms with Crippen LogP contribution in [0, 0.1) is 6.92 Å². The van der Waals surface area contributed by atoms with Crippen LogP contribution in [0.15, 0.2) is 15.4 Å². The van der Waals surface area contributed by atoms with Crippen molar-refractivity contribution in [2.75, 3.05) is 4.72 Å². The first kappa shape index (κ1) is 13.6. The maximum atomic E-state index is 12.3. The Morgan fingerprint density at radius 3 is 2.95 bits per heavy atom. The summed E-state index contributed by atoms with van der Waals surface area (Å²) in [6.45, 7) is 1.78. The number of rotatable bonds is 4. The minimum atomic E-state index is -3.67. The zero-order valence-electron chi connectivity index (χ0n) is 11.0. The van der Waals surface area contributed by atoms with E-state index < -0.39 is 10.0 Å². The van der Waals surface area contributed by atoms with Crippen LogP contribution in [0.25, 0.3) is 0 Å². The molecule has 0 amide bonds. The van der Waals surface area contributed by atoms with Crippen LogP contribution in [-0.4, -0.2) is 13.4 Å². The molecule has 0 saturated heterocycles. The van der Waals surface area contributed by atoms with Crippen LogP contribution in [0.2, 0.25) is 0 Å². The van der Waals surface area contributed by atoms with Crippen LogP contribution >= 0.6 is 11.3 Å². The number of hydrogen-bond acceptors (Lipinski definition) is 6. The van der Waals surface area contributed by atoms with Gasteiger partial charge in [0, 0.05) is 10.9 Å². The molecule has 1 aliphatic carbocycles. The van der Waals surface area contributed by atoms with E-state index in [9.17, 15) is 8.42 Å². The van der Waals surface area contributed by atoms with Gasteiger partial charge in [-0.2, -0.15) is 0 Å². The summed E-state index contributed by atoms with van der Waals surface area (Å²) in [6, 6.07) is 1.46. The fraction of sp³-hybridized carbons (Fsp3) is 0.417. The van der Waals surface area contributed by atoms with E-state index in [1.54, 1.807) is 6.92 Å². The van der Waals surface area contributed by atoms with Crippen LogP contribution in [0.1, 0.15) is 28.5 Å². The number of aryl methyl sites for hydroxylation is 3. The average Bonchev–Trinajstić information content (AvgIpc) is 3.02. The number of thiazole rings is 1. The quantitative estimate of drug-likeness (QED) is 0.896. The van der Waals surface area contributed by atoms with Gasteiger partial charge >= 0.3 is 0 Å². The Balaban J connectivity index is 1.89. The highest BCUT2D eigenvalue weighted by atomic mass is 32.2. The lowest BCUT2D eigenvalue weighted by Crippen LogP contribution is -2.13. The molecule has 2 heterocycles. The number of sulfonamides is 1. The minimum Gasteiger partial charge on any atom is -0.464 e. The Labute approximate surface area is 121 Å². The number of anilines is 1. The molecule has 0 atom stereocenters. The van der Waals surface area contributed by atoms with E-state index >= 15 is 0 Å². The van der Waals surface area contributed by atoms with E-state index in [-0.39, 0.29) is 11.4 Å². The molecule has 3 N–H and O–H groups in total. The summed E-state index contributed by atoms with van der Waals surface area (Å²) in [5.74, 6) is 0.784. The molecule has 3 rings (SSSR count). The zero-order valence-corrected chi connectivity index (χ0v) is 12.6. The second-order valence-corrected chi connectivity index (χ2v) is 7.42. The lowest BCUT2D eigenvalue weighted by atomic mass is 10.4. The van der Waals surface area contributed by atoms with E-state index in [1.807, 2.05) is 0 Å². The molecule has 20 heavy (non-hydrogen) atoms. The summed E-state index contributed by atoms with van der Waals surface area (Å²) in [5, 5.41) is 0.421. The molecule has 108 valence electrons. The first-order chi connectivity index (χ1) is 9.49. The van der Waals surface area contributed by atoms with Gasteiger partial charge in [0.15, 0.2) is 5.13 Å². The van der Waals surface area contributed by atoms with Crippen molar-refractivity contribution in [3.8, 4) is 0 Å². The topological polar surface area (TPSA) is 98.2 Å². The lowest BCUT2D eigenvalue weighted by Gasteiger charge is -2.03. The molecule has 0 unspecified atom stereocenters. The maximum absolute atomic E-state index is 12.3. The molecule has 0 aromatic carbocycles. The highest BCUT2D eigenvalue weighted by Crippen LogP contribution is 2.32. The Kier molecular flexibility index (Phi) is 3.31. The Bertz CT molecular complexity index is 725. The average molecular weight is 313 g/mol. The first-order valence-electron chi connectivity index (χ1n) is 6.30. The van der Waals surface area contributed by atoms with Crippen molar-refractivity contribution < 1.29 is 12.8 Å². The van der Waals surface area contributed by atoms with E-state index in [1.165, 1.54) is 22.3 Å². The van der Waals surface area contributed by atoms with Crippen molar-refractivity contribution in [1.82, 2.24) is 4.98 Å². The Hall–Kier alpha value is -1.38. The highest BCUT2D eigenvalue weighted by molar-refractivity contribution is 7.93. The fourth-order valence-electron chi connectivity index (χ4n) is 2.30. The largest absolute Gasteiger partial charge is 0.464 e. The van der Waals surface area contributed by atoms with Gasteiger partial charge in [0.25, 0.3) is 10.0 Å². The number of nitrogens with two attached hydrogens (primary N) is 1. The standard InChI is InChI=1S/C12H15N3O3S2/c1-7-11(5-8(6-13)18-7)20(16,17)15-12-14-9-3-2-4-10(9)19-12/h5H,2-4,6,13H2,1H3,(H,14,15). The zero-order chi connectivity index (χ0) is 14.3. The third kappa shape index (κ3) is 2.34. The lowest BCUT2D eigenvalue weighted by molar-refractivity contribution is 0.479. The minimum absolute atomic E-state index is 0.119. The van der Waals surface area contributed by atoms with Gasteiger partial charge in [-0.15, -0.1) is 11.3 Å². The van der Waals surface area contributed by atoms with Crippen molar-refractivity contribution in [2.45, 2.75) is 37.6 Å². The van der Waals surface area contributed by atoms with Crippen molar-refractivity contribution in [2.24, 2.45) is 5.73 Å². The number of aromatic nitrogens is 1. The van der Waals surface area contributed by atoms with Crippen LogP contribution in [-0.2, 0) is 29.4 Å². The summed E-state index contributed by atoms with van der Waals surface area (Å²) >= 11 is 1.41. The molecule has 8 heteroatoms. The Morgan fingerprint density at radius 2 is 2.30 bits per heavy atom. The number of hydrogen-bond donors (Lipinski definition) is 2. The van der Waals surface area contributed by atoms with Gasteiger partial charge in [0.05, 0.1) is 12.2 Å². The van der Waals surface area contributed by atoms with Crippen LogP contribution in [0.4, 0.5) is 5.13 Å². The van der Waals surface area contributed by atoms with Crippen molar-refractivity contribution in [1.29, 1.82) is 0 Å². The van der Waals surface area contributed by atoms with Crippen LogP contribution in [0.5, 0.6) is 0 Å². The molecule has 0 bridgehead atoms. The molecule has 1 aliphatic rings. The SMILES string of the molecule is Cc1oc(CN)cc1S(=O)(=O)Nc1nc2c(s1)CCC2.